The molecule has 5 heteroatoms. The van der Waals surface area contributed by atoms with Crippen molar-refractivity contribution in [2.24, 2.45) is 12.8 Å². The van der Waals surface area contributed by atoms with Gasteiger partial charge in [-0.25, -0.2) is 0 Å². The van der Waals surface area contributed by atoms with Crippen LogP contribution in [0.3, 0.4) is 0 Å². The Hall–Kier alpha value is -1.75. The van der Waals surface area contributed by atoms with Crippen molar-refractivity contribution in [3.63, 3.8) is 0 Å². The van der Waals surface area contributed by atoms with Gasteiger partial charge in [-0.2, -0.15) is 15.3 Å². The zero-order valence-corrected chi connectivity index (χ0v) is 8.54. The minimum Gasteiger partial charge on any atom is -0.324 e. The Kier molecular flexibility index (Phi) is 2.73. The Morgan fingerprint density at radius 1 is 1.40 bits per heavy atom. The first kappa shape index (κ1) is 9.79. The monoisotopic (exact) mass is 203 g/mol. The Bertz CT molecular complexity index is 422. The van der Waals surface area contributed by atoms with Crippen LogP contribution >= 0.6 is 0 Å². The van der Waals surface area contributed by atoms with E-state index in [1.807, 2.05) is 25.5 Å². The lowest BCUT2D eigenvalue weighted by atomic mass is 10.0. The van der Waals surface area contributed by atoms with E-state index in [1.165, 1.54) is 0 Å². The molecule has 0 saturated heterocycles. The zero-order valence-electron chi connectivity index (χ0n) is 8.54. The van der Waals surface area contributed by atoms with Gasteiger partial charge in [0.15, 0.2) is 0 Å². The molecule has 0 amide bonds. The number of nitrogens with zero attached hydrogens (tertiary/aromatic N) is 4. The highest BCUT2D eigenvalue weighted by molar-refractivity contribution is 5.16. The quantitative estimate of drug-likeness (QED) is 0.786. The average Bonchev–Trinajstić information content (AvgIpc) is 2.65. The summed E-state index contributed by atoms with van der Waals surface area (Å²) < 4.78 is 1.77. The lowest BCUT2D eigenvalue weighted by Gasteiger charge is -2.08. The van der Waals surface area contributed by atoms with Crippen molar-refractivity contribution >= 4 is 0 Å². The molecule has 5 nitrogen and oxygen atoms in total. The molecular formula is C10H13N5. The van der Waals surface area contributed by atoms with E-state index in [4.69, 9.17) is 5.73 Å². The van der Waals surface area contributed by atoms with Crippen LogP contribution in [0.2, 0.25) is 0 Å². The Morgan fingerprint density at radius 2 is 2.27 bits per heavy atom. The number of aryl methyl sites for hydroxylation is 1. The molecule has 2 heterocycles. The summed E-state index contributed by atoms with van der Waals surface area (Å²) in [6.45, 7) is 0. The van der Waals surface area contributed by atoms with Gasteiger partial charge in [-0.15, -0.1) is 0 Å². The number of nitrogens with two attached hydrogens (primary N) is 1. The molecule has 1 unspecified atom stereocenters. The first-order valence-corrected chi connectivity index (χ1v) is 4.75. The highest BCUT2D eigenvalue weighted by Gasteiger charge is 2.08. The van der Waals surface area contributed by atoms with Gasteiger partial charge in [0, 0.05) is 25.5 Å². The summed E-state index contributed by atoms with van der Waals surface area (Å²) in [5.74, 6) is 0. The topological polar surface area (TPSA) is 69.6 Å². The van der Waals surface area contributed by atoms with Gasteiger partial charge in [-0.05, 0) is 23.6 Å². The number of rotatable bonds is 3. The average molecular weight is 203 g/mol. The molecule has 0 aliphatic heterocycles. The van der Waals surface area contributed by atoms with E-state index in [9.17, 15) is 0 Å². The standard InChI is InChI=1S/C10H13N5/c1-15-7-8(5-14-15)4-10(11)9-2-3-12-13-6-9/h2-3,5-7,10H,4,11H2,1H3. The van der Waals surface area contributed by atoms with Crippen molar-refractivity contribution in [3.8, 4) is 0 Å². The van der Waals surface area contributed by atoms with E-state index in [2.05, 4.69) is 15.3 Å². The molecule has 2 aromatic heterocycles. The predicted molar refractivity (Wildman–Crippen MR) is 55.9 cm³/mol. The summed E-state index contributed by atoms with van der Waals surface area (Å²) in [5.41, 5.74) is 8.15. The van der Waals surface area contributed by atoms with Gasteiger partial charge in [0.05, 0.1) is 12.4 Å². The van der Waals surface area contributed by atoms with Crippen LogP contribution in [0.15, 0.2) is 30.9 Å². The predicted octanol–water partition coefficient (Wildman–Crippen LogP) is 0.453. The summed E-state index contributed by atoms with van der Waals surface area (Å²) in [4.78, 5) is 0. The van der Waals surface area contributed by atoms with Crippen LogP contribution < -0.4 is 5.73 Å². The first-order chi connectivity index (χ1) is 7.25. The zero-order chi connectivity index (χ0) is 10.7. The van der Waals surface area contributed by atoms with Gasteiger partial charge in [0.2, 0.25) is 0 Å². The molecule has 2 rings (SSSR count). The molecule has 0 aliphatic rings. The van der Waals surface area contributed by atoms with E-state index in [-0.39, 0.29) is 6.04 Å². The second-order valence-electron chi connectivity index (χ2n) is 3.51. The minimum absolute atomic E-state index is 0.0512. The maximum atomic E-state index is 6.03. The van der Waals surface area contributed by atoms with Crippen LogP contribution in [0.4, 0.5) is 0 Å². The second-order valence-corrected chi connectivity index (χ2v) is 3.51. The van der Waals surface area contributed by atoms with Crippen molar-refractivity contribution in [1.82, 2.24) is 20.0 Å². The van der Waals surface area contributed by atoms with Crippen molar-refractivity contribution < 1.29 is 0 Å². The number of aromatic nitrogens is 4. The highest BCUT2D eigenvalue weighted by atomic mass is 15.2. The maximum absolute atomic E-state index is 6.03. The molecule has 2 aromatic rings. The summed E-state index contributed by atoms with van der Waals surface area (Å²) in [7, 11) is 1.89. The molecule has 2 N–H and O–H groups in total. The van der Waals surface area contributed by atoms with Crippen LogP contribution in [0.25, 0.3) is 0 Å². The van der Waals surface area contributed by atoms with Crippen molar-refractivity contribution in [3.05, 3.63) is 42.0 Å². The maximum Gasteiger partial charge on any atom is 0.0544 e. The van der Waals surface area contributed by atoms with Crippen molar-refractivity contribution in [2.45, 2.75) is 12.5 Å². The van der Waals surface area contributed by atoms with E-state index in [0.29, 0.717) is 0 Å². The van der Waals surface area contributed by atoms with Gasteiger partial charge in [0.25, 0.3) is 0 Å². The van der Waals surface area contributed by atoms with Crippen LogP contribution in [-0.2, 0) is 13.5 Å². The smallest absolute Gasteiger partial charge is 0.0544 e. The van der Waals surface area contributed by atoms with E-state index < -0.39 is 0 Å². The van der Waals surface area contributed by atoms with Crippen LogP contribution in [0.5, 0.6) is 0 Å². The third-order valence-corrected chi connectivity index (χ3v) is 2.25. The number of hydrogen-bond acceptors (Lipinski definition) is 4. The lowest BCUT2D eigenvalue weighted by molar-refractivity contribution is 0.710. The van der Waals surface area contributed by atoms with Crippen LogP contribution in [0, 0.1) is 0 Å². The Morgan fingerprint density at radius 3 is 2.87 bits per heavy atom. The first-order valence-electron chi connectivity index (χ1n) is 4.75. The van der Waals surface area contributed by atoms with Gasteiger partial charge in [-0.1, -0.05) is 0 Å². The van der Waals surface area contributed by atoms with E-state index >= 15 is 0 Å². The Labute approximate surface area is 87.9 Å². The fraction of sp³-hybridized carbons (Fsp3) is 0.300. The fourth-order valence-electron chi connectivity index (χ4n) is 1.47. The molecule has 0 spiro atoms. The Balaban J connectivity index is 2.07. The van der Waals surface area contributed by atoms with Gasteiger partial charge < -0.3 is 5.73 Å². The summed E-state index contributed by atoms with van der Waals surface area (Å²) in [6.07, 6.45) is 7.90. The third-order valence-electron chi connectivity index (χ3n) is 2.25. The molecule has 78 valence electrons. The molecule has 0 aromatic carbocycles. The molecular weight excluding hydrogens is 190 g/mol. The van der Waals surface area contributed by atoms with Crippen LogP contribution in [0.1, 0.15) is 17.2 Å². The summed E-state index contributed by atoms with van der Waals surface area (Å²) in [5, 5.41) is 11.6. The molecule has 0 saturated carbocycles. The van der Waals surface area contributed by atoms with E-state index in [1.54, 1.807) is 17.1 Å². The van der Waals surface area contributed by atoms with Crippen LogP contribution in [-0.4, -0.2) is 20.0 Å². The van der Waals surface area contributed by atoms with E-state index in [0.717, 1.165) is 17.5 Å². The lowest BCUT2D eigenvalue weighted by Crippen LogP contribution is -2.13. The normalized spacial score (nSPS) is 12.7. The summed E-state index contributed by atoms with van der Waals surface area (Å²) in [6, 6.07) is 1.83. The molecule has 1 atom stereocenters. The third kappa shape index (κ3) is 2.38. The SMILES string of the molecule is Cn1cc(CC(N)c2ccnnc2)cn1. The van der Waals surface area contributed by atoms with Gasteiger partial charge >= 0.3 is 0 Å². The molecule has 0 bridgehead atoms. The minimum atomic E-state index is -0.0512. The molecule has 0 fully saturated rings. The molecule has 0 radical (unpaired) electrons. The molecule has 0 aliphatic carbocycles. The largest absolute Gasteiger partial charge is 0.324 e. The second kappa shape index (κ2) is 4.18. The fourth-order valence-corrected chi connectivity index (χ4v) is 1.47. The highest BCUT2D eigenvalue weighted by Crippen LogP contribution is 2.13. The summed E-state index contributed by atoms with van der Waals surface area (Å²) >= 11 is 0. The molecule has 15 heavy (non-hydrogen) atoms. The van der Waals surface area contributed by atoms with Crippen molar-refractivity contribution in [1.29, 1.82) is 0 Å². The van der Waals surface area contributed by atoms with Gasteiger partial charge in [-0.3, -0.25) is 4.68 Å². The number of hydrogen-bond donors (Lipinski definition) is 1. The van der Waals surface area contributed by atoms with Gasteiger partial charge in [0.1, 0.15) is 0 Å². The van der Waals surface area contributed by atoms with Crippen molar-refractivity contribution in [2.75, 3.05) is 0 Å².